The quantitative estimate of drug-likeness (QED) is 0.568. The molecule has 0 aliphatic heterocycles. The van der Waals surface area contributed by atoms with Crippen molar-refractivity contribution in [2.45, 2.75) is 25.5 Å². The van der Waals surface area contributed by atoms with Crippen LogP contribution in [0, 0.1) is 0 Å². The molecule has 0 saturated heterocycles. The number of esters is 1. The number of primary amides is 1. The van der Waals surface area contributed by atoms with Gasteiger partial charge in [-0.3, -0.25) is 9.59 Å². The Morgan fingerprint density at radius 1 is 1.10 bits per heavy atom. The topological polar surface area (TPSA) is 120 Å². The average Bonchev–Trinajstić information content (AvgIpc) is 2.68. The van der Waals surface area contributed by atoms with Crippen molar-refractivity contribution in [3.05, 3.63) is 59.1 Å². The molecule has 8 nitrogen and oxygen atoms in total. The van der Waals surface area contributed by atoms with Crippen LogP contribution in [0.1, 0.15) is 24.9 Å². The number of carbonyl (C=O) groups is 3. The van der Waals surface area contributed by atoms with Crippen molar-refractivity contribution in [3.63, 3.8) is 0 Å². The minimum Gasteiger partial charge on any atom is -0.497 e. The van der Waals surface area contributed by atoms with Crippen LogP contribution in [-0.4, -0.2) is 31.1 Å². The molecule has 9 heteroatoms. The van der Waals surface area contributed by atoms with E-state index in [2.05, 4.69) is 10.6 Å². The molecule has 29 heavy (non-hydrogen) atoms. The standard InChI is InChI=1S/C20H22ClN3O5/c1-12(19(26)23-13-7-9-14(28-2)10-8-13)29-18(25)11-17(24-20(22)27)15-5-3-4-6-16(15)21/h3-10,12,17H,11H2,1-2H3,(H,23,26)(H3,22,24,27)/t12-,17+/m1/s1. The number of rotatable bonds is 8. The summed E-state index contributed by atoms with van der Waals surface area (Å²) in [6, 6.07) is 11.8. The van der Waals surface area contributed by atoms with Gasteiger partial charge in [0.25, 0.3) is 5.91 Å². The Hall–Kier alpha value is -3.26. The zero-order valence-corrected chi connectivity index (χ0v) is 16.7. The van der Waals surface area contributed by atoms with Crippen LogP contribution < -0.4 is 21.1 Å². The largest absolute Gasteiger partial charge is 0.497 e. The van der Waals surface area contributed by atoms with Crippen LogP contribution in [0.4, 0.5) is 10.5 Å². The van der Waals surface area contributed by atoms with Crippen LogP contribution in [0.2, 0.25) is 5.02 Å². The number of carbonyl (C=O) groups excluding carboxylic acids is 3. The van der Waals surface area contributed by atoms with Gasteiger partial charge in [-0.05, 0) is 42.8 Å². The first-order valence-electron chi connectivity index (χ1n) is 8.75. The Morgan fingerprint density at radius 2 is 1.76 bits per heavy atom. The molecule has 0 aliphatic carbocycles. The van der Waals surface area contributed by atoms with Gasteiger partial charge in [0.1, 0.15) is 5.75 Å². The van der Waals surface area contributed by atoms with Crippen LogP contribution in [0.5, 0.6) is 5.75 Å². The first-order valence-corrected chi connectivity index (χ1v) is 9.12. The Morgan fingerprint density at radius 3 is 2.34 bits per heavy atom. The van der Waals surface area contributed by atoms with Crippen LogP contribution in [-0.2, 0) is 14.3 Å². The number of ether oxygens (including phenoxy) is 2. The fourth-order valence-corrected chi connectivity index (χ4v) is 2.82. The average molecular weight is 420 g/mol. The van der Waals surface area contributed by atoms with E-state index in [0.717, 1.165) is 0 Å². The van der Waals surface area contributed by atoms with Crippen molar-refractivity contribution in [1.29, 1.82) is 0 Å². The molecule has 2 aromatic carbocycles. The smallest absolute Gasteiger partial charge is 0.312 e. The molecule has 0 aliphatic rings. The maximum Gasteiger partial charge on any atom is 0.312 e. The molecule has 0 spiro atoms. The van der Waals surface area contributed by atoms with Gasteiger partial charge in [-0.25, -0.2) is 4.79 Å². The summed E-state index contributed by atoms with van der Waals surface area (Å²) >= 11 is 6.14. The fourth-order valence-electron chi connectivity index (χ4n) is 2.55. The number of nitrogens with two attached hydrogens (primary N) is 1. The molecule has 2 rings (SSSR count). The van der Waals surface area contributed by atoms with Crippen LogP contribution in [0.3, 0.4) is 0 Å². The molecule has 154 valence electrons. The lowest BCUT2D eigenvalue weighted by molar-refractivity contribution is -0.153. The minimum atomic E-state index is -1.05. The van der Waals surface area contributed by atoms with Gasteiger partial charge in [-0.2, -0.15) is 0 Å². The summed E-state index contributed by atoms with van der Waals surface area (Å²) in [5.74, 6) is -0.545. The van der Waals surface area contributed by atoms with Gasteiger partial charge in [-0.1, -0.05) is 29.8 Å². The first kappa shape index (κ1) is 22.0. The van der Waals surface area contributed by atoms with E-state index in [4.69, 9.17) is 26.8 Å². The number of amides is 3. The Kier molecular flexibility index (Phi) is 7.85. The second-order valence-corrected chi connectivity index (χ2v) is 6.54. The molecular weight excluding hydrogens is 398 g/mol. The van der Waals surface area contributed by atoms with Crippen LogP contribution in [0.15, 0.2) is 48.5 Å². The molecule has 0 fully saturated rings. The predicted molar refractivity (Wildman–Crippen MR) is 109 cm³/mol. The number of benzene rings is 2. The number of hydrogen-bond donors (Lipinski definition) is 3. The molecule has 0 unspecified atom stereocenters. The monoisotopic (exact) mass is 419 g/mol. The van der Waals surface area contributed by atoms with E-state index < -0.39 is 30.1 Å². The summed E-state index contributed by atoms with van der Waals surface area (Å²) in [5, 5.41) is 5.47. The second kappa shape index (κ2) is 10.3. The zero-order valence-electron chi connectivity index (χ0n) is 16.0. The minimum absolute atomic E-state index is 0.243. The number of hydrogen-bond acceptors (Lipinski definition) is 5. The van der Waals surface area contributed by atoms with E-state index in [1.165, 1.54) is 14.0 Å². The summed E-state index contributed by atoms with van der Waals surface area (Å²) in [5.41, 5.74) is 6.24. The maximum atomic E-state index is 12.3. The van der Waals surface area contributed by atoms with E-state index in [-0.39, 0.29) is 6.42 Å². The number of anilines is 1. The lowest BCUT2D eigenvalue weighted by atomic mass is 10.0. The highest BCUT2D eigenvalue weighted by Gasteiger charge is 2.24. The Bertz CT molecular complexity index is 873. The molecule has 0 heterocycles. The molecule has 0 bridgehead atoms. The van der Waals surface area contributed by atoms with Crippen LogP contribution >= 0.6 is 11.6 Å². The zero-order chi connectivity index (χ0) is 21.4. The van der Waals surface area contributed by atoms with Crippen molar-refractivity contribution >= 4 is 35.2 Å². The highest BCUT2D eigenvalue weighted by molar-refractivity contribution is 6.31. The molecule has 0 aromatic heterocycles. The van der Waals surface area contributed by atoms with Gasteiger partial charge < -0.3 is 25.8 Å². The van der Waals surface area contributed by atoms with E-state index >= 15 is 0 Å². The third kappa shape index (κ3) is 6.69. The third-order valence-electron chi connectivity index (χ3n) is 4.00. The summed E-state index contributed by atoms with van der Waals surface area (Å²) in [7, 11) is 1.54. The highest BCUT2D eigenvalue weighted by Crippen LogP contribution is 2.25. The van der Waals surface area contributed by atoms with Crippen LogP contribution in [0.25, 0.3) is 0 Å². The van der Waals surface area contributed by atoms with Gasteiger partial charge in [0, 0.05) is 10.7 Å². The number of urea groups is 1. The SMILES string of the molecule is COc1ccc(NC(=O)[C@@H](C)OC(=O)C[C@H](NC(N)=O)c2ccccc2Cl)cc1. The Balaban J connectivity index is 1.98. The Labute approximate surface area is 173 Å². The fraction of sp³-hybridized carbons (Fsp3) is 0.250. The molecular formula is C20H22ClN3O5. The van der Waals surface area contributed by atoms with Crippen molar-refractivity contribution in [2.75, 3.05) is 12.4 Å². The lowest BCUT2D eigenvalue weighted by Crippen LogP contribution is -2.36. The van der Waals surface area contributed by atoms with E-state index in [0.29, 0.717) is 22.0 Å². The van der Waals surface area contributed by atoms with Gasteiger partial charge >= 0.3 is 12.0 Å². The molecule has 3 amide bonds. The first-order chi connectivity index (χ1) is 13.8. The van der Waals surface area contributed by atoms with E-state index in [9.17, 15) is 14.4 Å². The number of halogens is 1. The van der Waals surface area contributed by atoms with Crippen molar-refractivity contribution in [3.8, 4) is 5.75 Å². The summed E-state index contributed by atoms with van der Waals surface area (Å²) in [4.78, 5) is 35.9. The second-order valence-electron chi connectivity index (χ2n) is 6.14. The normalized spacial score (nSPS) is 12.4. The van der Waals surface area contributed by atoms with E-state index in [1.54, 1.807) is 48.5 Å². The molecule has 0 saturated carbocycles. The van der Waals surface area contributed by atoms with Crippen molar-refractivity contribution in [1.82, 2.24) is 5.32 Å². The highest BCUT2D eigenvalue weighted by atomic mass is 35.5. The van der Waals surface area contributed by atoms with Gasteiger partial charge in [0.05, 0.1) is 19.6 Å². The van der Waals surface area contributed by atoms with Gasteiger partial charge in [0.15, 0.2) is 6.10 Å². The van der Waals surface area contributed by atoms with Crippen molar-refractivity contribution < 1.29 is 23.9 Å². The third-order valence-corrected chi connectivity index (χ3v) is 4.35. The summed E-state index contributed by atoms with van der Waals surface area (Å²) in [6.45, 7) is 1.45. The number of methoxy groups -OCH3 is 1. The number of nitrogens with one attached hydrogen (secondary N) is 2. The van der Waals surface area contributed by atoms with Crippen molar-refractivity contribution in [2.24, 2.45) is 5.73 Å². The maximum absolute atomic E-state index is 12.3. The molecule has 4 N–H and O–H groups in total. The molecule has 0 radical (unpaired) electrons. The molecule has 2 atom stereocenters. The summed E-state index contributed by atoms with van der Waals surface area (Å²) < 4.78 is 10.2. The lowest BCUT2D eigenvalue weighted by Gasteiger charge is -2.20. The summed E-state index contributed by atoms with van der Waals surface area (Å²) in [6.07, 6.45) is -1.29. The molecule has 2 aromatic rings. The van der Waals surface area contributed by atoms with E-state index in [1.807, 2.05) is 0 Å². The van der Waals surface area contributed by atoms with Gasteiger partial charge in [-0.15, -0.1) is 0 Å². The van der Waals surface area contributed by atoms with Gasteiger partial charge in [0.2, 0.25) is 0 Å². The predicted octanol–water partition coefficient (Wildman–Crippen LogP) is 3.02.